The summed E-state index contributed by atoms with van der Waals surface area (Å²) in [5, 5.41) is 3.14. The molecule has 0 radical (unpaired) electrons. The van der Waals surface area contributed by atoms with E-state index in [0.717, 1.165) is 46.7 Å². The summed E-state index contributed by atoms with van der Waals surface area (Å²) in [5.74, 6) is -0.628. The topological polar surface area (TPSA) is 86.8 Å². The van der Waals surface area contributed by atoms with E-state index in [9.17, 15) is 18.0 Å². The van der Waals surface area contributed by atoms with Crippen LogP contribution >= 0.6 is 0 Å². The van der Waals surface area contributed by atoms with Gasteiger partial charge in [0.15, 0.2) is 0 Å². The molecule has 0 saturated heterocycles. The van der Waals surface area contributed by atoms with E-state index >= 15 is 0 Å². The van der Waals surface area contributed by atoms with Gasteiger partial charge in [-0.3, -0.25) is 13.9 Å². The van der Waals surface area contributed by atoms with Crippen molar-refractivity contribution >= 4 is 27.5 Å². The number of rotatable bonds is 11. The summed E-state index contributed by atoms with van der Waals surface area (Å²) in [4.78, 5) is 29.3. The molecule has 4 rings (SSSR count). The number of nitrogens with one attached hydrogen (secondary N) is 1. The third kappa shape index (κ3) is 7.10. The van der Waals surface area contributed by atoms with Crippen LogP contribution in [0.1, 0.15) is 55.7 Å². The van der Waals surface area contributed by atoms with Gasteiger partial charge in [-0.25, -0.2) is 8.42 Å². The van der Waals surface area contributed by atoms with Crippen LogP contribution in [0.15, 0.2) is 83.8 Å². The van der Waals surface area contributed by atoms with E-state index in [2.05, 4.69) is 5.32 Å². The average molecular weight is 562 g/mol. The van der Waals surface area contributed by atoms with Crippen LogP contribution < -0.4 is 9.62 Å². The summed E-state index contributed by atoms with van der Waals surface area (Å²) < 4.78 is 28.8. The summed E-state index contributed by atoms with van der Waals surface area (Å²) in [5.41, 5.74) is 3.33. The van der Waals surface area contributed by atoms with Crippen LogP contribution in [0, 0.1) is 13.8 Å². The molecule has 3 aromatic rings. The Morgan fingerprint density at radius 2 is 1.45 bits per heavy atom. The maximum atomic E-state index is 14.1. The van der Waals surface area contributed by atoms with Gasteiger partial charge in [0.2, 0.25) is 11.8 Å². The second-order valence-electron chi connectivity index (χ2n) is 10.6. The molecule has 1 N–H and O–H groups in total. The molecule has 0 unspecified atom stereocenters. The van der Waals surface area contributed by atoms with Gasteiger partial charge < -0.3 is 10.2 Å². The van der Waals surface area contributed by atoms with Crippen molar-refractivity contribution in [1.82, 2.24) is 10.2 Å². The first-order valence-corrected chi connectivity index (χ1v) is 15.4. The predicted molar refractivity (Wildman–Crippen MR) is 158 cm³/mol. The van der Waals surface area contributed by atoms with Crippen LogP contribution in [0.5, 0.6) is 0 Å². The summed E-state index contributed by atoms with van der Waals surface area (Å²) in [6, 6.07) is 22.4. The molecule has 212 valence electrons. The van der Waals surface area contributed by atoms with E-state index in [1.165, 1.54) is 17.0 Å². The standard InChI is InChI=1S/C32H39N3O4S/c1-4-30(32(37)33-27-10-8-9-11-27)34(22-26-18-14-24(2)15-19-26)31(36)23-35(28-20-16-25(3)17-21-28)40(38,39)29-12-6-5-7-13-29/h5-7,12-21,27,30H,4,8-11,22-23H2,1-3H3,(H,33,37)/t30-/m1/s1. The number of aryl methyl sites for hydroxylation is 2. The van der Waals surface area contributed by atoms with Crippen molar-refractivity contribution in [3.63, 3.8) is 0 Å². The van der Waals surface area contributed by atoms with Crippen LogP contribution in [0.4, 0.5) is 5.69 Å². The highest BCUT2D eigenvalue weighted by molar-refractivity contribution is 7.92. The number of amides is 2. The monoisotopic (exact) mass is 561 g/mol. The van der Waals surface area contributed by atoms with Crippen LogP contribution in [0.25, 0.3) is 0 Å². The molecule has 1 atom stereocenters. The zero-order valence-electron chi connectivity index (χ0n) is 23.5. The smallest absolute Gasteiger partial charge is 0.264 e. The molecule has 2 amide bonds. The third-order valence-electron chi connectivity index (χ3n) is 7.49. The third-order valence-corrected chi connectivity index (χ3v) is 9.28. The van der Waals surface area contributed by atoms with Gasteiger partial charge in [0.1, 0.15) is 12.6 Å². The van der Waals surface area contributed by atoms with Crippen molar-refractivity contribution < 1.29 is 18.0 Å². The summed E-state index contributed by atoms with van der Waals surface area (Å²) in [7, 11) is -4.06. The van der Waals surface area contributed by atoms with Crippen molar-refractivity contribution in [1.29, 1.82) is 0 Å². The Labute approximate surface area is 238 Å². The molecule has 1 aliphatic rings. The molecule has 40 heavy (non-hydrogen) atoms. The quantitative estimate of drug-likeness (QED) is 0.341. The van der Waals surface area contributed by atoms with Gasteiger partial charge in [0, 0.05) is 12.6 Å². The van der Waals surface area contributed by atoms with E-state index in [-0.39, 0.29) is 23.4 Å². The number of carbonyl (C=O) groups excluding carboxylic acids is 2. The fourth-order valence-electron chi connectivity index (χ4n) is 5.14. The number of carbonyl (C=O) groups is 2. The molecular formula is C32H39N3O4S. The number of nitrogens with zero attached hydrogens (tertiary/aromatic N) is 2. The van der Waals surface area contributed by atoms with E-state index in [4.69, 9.17) is 0 Å². The van der Waals surface area contributed by atoms with Gasteiger partial charge in [-0.1, -0.05) is 85.5 Å². The Hall–Kier alpha value is -3.65. The average Bonchev–Trinajstić information content (AvgIpc) is 3.46. The van der Waals surface area contributed by atoms with E-state index in [0.29, 0.717) is 12.1 Å². The number of sulfonamides is 1. The lowest BCUT2D eigenvalue weighted by molar-refractivity contribution is -0.140. The van der Waals surface area contributed by atoms with E-state index < -0.39 is 28.5 Å². The molecule has 1 aliphatic carbocycles. The Kier molecular flexibility index (Phi) is 9.63. The maximum absolute atomic E-state index is 14.1. The zero-order chi connectivity index (χ0) is 28.7. The number of benzene rings is 3. The van der Waals surface area contributed by atoms with Crippen molar-refractivity contribution in [2.24, 2.45) is 0 Å². The Balaban J connectivity index is 1.69. The minimum atomic E-state index is -4.06. The summed E-state index contributed by atoms with van der Waals surface area (Å²) in [6.45, 7) is 5.56. The molecule has 1 saturated carbocycles. The van der Waals surface area contributed by atoms with Crippen molar-refractivity contribution in [2.75, 3.05) is 10.8 Å². The Bertz CT molecular complexity index is 1380. The fraction of sp³-hybridized carbons (Fsp3) is 0.375. The molecule has 3 aromatic carbocycles. The highest BCUT2D eigenvalue weighted by Crippen LogP contribution is 2.25. The molecule has 8 heteroatoms. The minimum Gasteiger partial charge on any atom is -0.352 e. The SMILES string of the molecule is CC[C@H](C(=O)NC1CCCC1)N(Cc1ccc(C)cc1)C(=O)CN(c1ccc(C)cc1)S(=O)(=O)c1ccccc1. The number of anilines is 1. The van der Waals surface area contributed by atoms with Crippen LogP contribution in [0.2, 0.25) is 0 Å². The molecular weight excluding hydrogens is 522 g/mol. The van der Waals surface area contributed by atoms with Crippen LogP contribution in [-0.2, 0) is 26.2 Å². The zero-order valence-corrected chi connectivity index (χ0v) is 24.4. The van der Waals surface area contributed by atoms with Gasteiger partial charge in [-0.15, -0.1) is 0 Å². The normalized spacial score (nSPS) is 14.5. The highest BCUT2D eigenvalue weighted by Gasteiger charge is 2.34. The van der Waals surface area contributed by atoms with Gasteiger partial charge in [-0.2, -0.15) is 0 Å². The number of hydrogen-bond acceptors (Lipinski definition) is 4. The lowest BCUT2D eigenvalue weighted by Gasteiger charge is -2.33. The molecule has 0 bridgehead atoms. The van der Waals surface area contributed by atoms with Gasteiger partial charge >= 0.3 is 0 Å². The van der Waals surface area contributed by atoms with Crippen molar-refractivity contribution in [3.8, 4) is 0 Å². The lowest BCUT2D eigenvalue weighted by Crippen LogP contribution is -2.53. The van der Waals surface area contributed by atoms with E-state index in [1.807, 2.05) is 57.2 Å². The molecule has 0 aliphatic heterocycles. The van der Waals surface area contributed by atoms with Gasteiger partial charge in [0.05, 0.1) is 10.6 Å². The predicted octanol–water partition coefficient (Wildman–Crippen LogP) is 5.36. The highest BCUT2D eigenvalue weighted by atomic mass is 32.2. The van der Waals surface area contributed by atoms with Crippen molar-refractivity contribution in [2.45, 2.75) is 76.4 Å². The molecule has 1 fully saturated rings. The first-order valence-electron chi connectivity index (χ1n) is 14.0. The first kappa shape index (κ1) is 29.3. The summed E-state index contributed by atoms with van der Waals surface area (Å²) in [6.07, 6.45) is 4.44. The molecule has 7 nitrogen and oxygen atoms in total. The Morgan fingerprint density at radius 3 is 2.02 bits per heavy atom. The minimum absolute atomic E-state index is 0.0967. The van der Waals surface area contributed by atoms with Crippen LogP contribution in [0.3, 0.4) is 0 Å². The second kappa shape index (κ2) is 13.1. The second-order valence-corrected chi connectivity index (χ2v) is 12.4. The van der Waals surface area contributed by atoms with Crippen molar-refractivity contribution in [3.05, 3.63) is 95.6 Å². The largest absolute Gasteiger partial charge is 0.352 e. The van der Waals surface area contributed by atoms with E-state index in [1.54, 1.807) is 30.3 Å². The lowest BCUT2D eigenvalue weighted by atomic mass is 10.1. The first-order chi connectivity index (χ1) is 19.2. The van der Waals surface area contributed by atoms with Gasteiger partial charge in [0.25, 0.3) is 10.0 Å². The molecule has 0 spiro atoms. The molecule has 0 heterocycles. The van der Waals surface area contributed by atoms with Crippen LogP contribution in [-0.4, -0.2) is 43.8 Å². The fourth-order valence-corrected chi connectivity index (χ4v) is 6.57. The maximum Gasteiger partial charge on any atom is 0.264 e. The van der Waals surface area contributed by atoms with Gasteiger partial charge in [-0.05, 0) is 62.9 Å². The Morgan fingerprint density at radius 1 is 0.875 bits per heavy atom. The molecule has 0 aromatic heterocycles. The number of hydrogen-bond donors (Lipinski definition) is 1. The summed E-state index contributed by atoms with van der Waals surface area (Å²) >= 11 is 0.